The number of hydrogen-bond donors (Lipinski definition) is 2. The summed E-state index contributed by atoms with van der Waals surface area (Å²) in [5.41, 5.74) is 1.97. The number of anilines is 1. The van der Waals surface area contributed by atoms with Gasteiger partial charge in [-0.15, -0.1) is 0 Å². The quantitative estimate of drug-likeness (QED) is 0.597. The van der Waals surface area contributed by atoms with Crippen LogP contribution in [0.3, 0.4) is 0 Å². The molecule has 6 heteroatoms. The van der Waals surface area contributed by atoms with Crippen LogP contribution >= 0.6 is 0 Å². The number of ether oxygens (including phenoxy) is 3. The molecular formula is C19H25N3O3. The van der Waals surface area contributed by atoms with Crippen LogP contribution in [0.25, 0.3) is 0 Å². The largest absolute Gasteiger partial charge is 0.497 e. The average molecular weight is 343 g/mol. The van der Waals surface area contributed by atoms with Crippen LogP contribution in [0.1, 0.15) is 12.5 Å². The van der Waals surface area contributed by atoms with Gasteiger partial charge in [0.15, 0.2) is 17.5 Å². The van der Waals surface area contributed by atoms with Crippen LogP contribution in [0, 0.1) is 0 Å². The molecule has 134 valence electrons. The summed E-state index contributed by atoms with van der Waals surface area (Å²) >= 11 is 0. The van der Waals surface area contributed by atoms with Crippen molar-refractivity contribution in [2.24, 2.45) is 4.99 Å². The molecule has 0 heterocycles. The van der Waals surface area contributed by atoms with Gasteiger partial charge in [0.1, 0.15) is 5.75 Å². The van der Waals surface area contributed by atoms with Gasteiger partial charge in [-0.25, -0.2) is 4.99 Å². The van der Waals surface area contributed by atoms with Crippen molar-refractivity contribution in [1.29, 1.82) is 0 Å². The highest BCUT2D eigenvalue weighted by Crippen LogP contribution is 2.29. The van der Waals surface area contributed by atoms with Gasteiger partial charge in [-0.3, -0.25) is 0 Å². The van der Waals surface area contributed by atoms with Gasteiger partial charge in [0.05, 0.1) is 27.9 Å². The molecule has 6 nitrogen and oxygen atoms in total. The predicted octanol–water partition coefficient (Wildman–Crippen LogP) is 3.29. The Hall–Kier alpha value is -2.89. The molecule has 0 unspecified atom stereocenters. The average Bonchev–Trinajstić information content (AvgIpc) is 2.66. The monoisotopic (exact) mass is 343 g/mol. The summed E-state index contributed by atoms with van der Waals surface area (Å²) in [5, 5.41) is 6.51. The minimum Gasteiger partial charge on any atom is -0.497 e. The van der Waals surface area contributed by atoms with E-state index in [9.17, 15) is 0 Å². The zero-order chi connectivity index (χ0) is 18.1. The molecule has 0 amide bonds. The molecule has 2 aromatic carbocycles. The zero-order valence-electron chi connectivity index (χ0n) is 15.1. The Morgan fingerprint density at radius 2 is 1.64 bits per heavy atom. The first-order valence-electron chi connectivity index (χ1n) is 8.10. The van der Waals surface area contributed by atoms with E-state index < -0.39 is 0 Å². The van der Waals surface area contributed by atoms with Crippen LogP contribution < -0.4 is 24.8 Å². The fourth-order valence-corrected chi connectivity index (χ4v) is 2.26. The number of rotatable bonds is 7. The number of benzene rings is 2. The van der Waals surface area contributed by atoms with E-state index in [1.54, 1.807) is 21.3 Å². The maximum absolute atomic E-state index is 5.33. The molecule has 25 heavy (non-hydrogen) atoms. The maximum Gasteiger partial charge on any atom is 0.196 e. The molecule has 2 N–H and O–H groups in total. The first-order valence-corrected chi connectivity index (χ1v) is 8.10. The van der Waals surface area contributed by atoms with E-state index in [4.69, 9.17) is 14.2 Å². The van der Waals surface area contributed by atoms with Gasteiger partial charge in [-0.1, -0.05) is 12.1 Å². The highest BCUT2D eigenvalue weighted by molar-refractivity contribution is 5.93. The van der Waals surface area contributed by atoms with Crippen molar-refractivity contribution in [3.63, 3.8) is 0 Å². The van der Waals surface area contributed by atoms with E-state index in [0.717, 1.165) is 23.5 Å². The van der Waals surface area contributed by atoms with Crippen LogP contribution in [-0.2, 0) is 6.54 Å². The van der Waals surface area contributed by atoms with E-state index in [0.29, 0.717) is 24.0 Å². The number of aliphatic imine (C=N–C) groups is 1. The van der Waals surface area contributed by atoms with Crippen LogP contribution in [0.4, 0.5) is 5.69 Å². The third kappa shape index (κ3) is 5.31. The molecule has 0 spiro atoms. The fraction of sp³-hybridized carbons (Fsp3) is 0.316. The second kappa shape index (κ2) is 9.42. The topological polar surface area (TPSA) is 64.1 Å². The SMILES string of the molecule is CCNC(=NCc1ccc(OC)cc1)Nc1ccc(OC)c(OC)c1. The molecule has 0 saturated heterocycles. The smallest absolute Gasteiger partial charge is 0.196 e. The first-order chi connectivity index (χ1) is 12.2. The van der Waals surface area contributed by atoms with Crippen molar-refractivity contribution in [2.75, 3.05) is 33.2 Å². The summed E-state index contributed by atoms with van der Waals surface area (Å²) in [6.45, 7) is 3.35. The van der Waals surface area contributed by atoms with Gasteiger partial charge >= 0.3 is 0 Å². The van der Waals surface area contributed by atoms with Gasteiger partial charge in [0, 0.05) is 18.3 Å². The number of nitrogens with zero attached hydrogens (tertiary/aromatic N) is 1. The summed E-state index contributed by atoms with van der Waals surface area (Å²) in [4.78, 5) is 4.61. The van der Waals surface area contributed by atoms with E-state index in [1.165, 1.54) is 0 Å². The van der Waals surface area contributed by atoms with Crippen molar-refractivity contribution in [3.05, 3.63) is 48.0 Å². The summed E-state index contributed by atoms with van der Waals surface area (Å²) in [6.07, 6.45) is 0. The minimum atomic E-state index is 0.562. The fourth-order valence-electron chi connectivity index (χ4n) is 2.26. The van der Waals surface area contributed by atoms with Gasteiger partial charge in [0.25, 0.3) is 0 Å². The Morgan fingerprint density at radius 3 is 2.24 bits per heavy atom. The van der Waals surface area contributed by atoms with E-state index in [1.807, 2.05) is 49.4 Å². The molecule has 2 aromatic rings. The molecule has 0 atom stereocenters. The van der Waals surface area contributed by atoms with Gasteiger partial charge in [-0.05, 0) is 36.8 Å². The lowest BCUT2D eigenvalue weighted by Gasteiger charge is -2.14. The Kier molecular flexibility index (Phi) is 6.95. The van der Waals surface area contributed by atoms with Crippen LogP contribution in [0.5, 0.6) is 17.2 Å². The Morgan fingerprint density at radius 1 is 0.920 bits per heavy atom. The molecule has 0 aromatic heterocycles. The van der Waals surface area contributed by atoms with Crippen LogP contribution in [0.2, 0.25) is 0 Å². The molecule has 0 radical (unpaired) electrons. The molecule has 0 aliphatic carbocycles. The number of guanidine groups is 1. The lowest BCUT2D eigenvalue weighted by Crippen LogP contribution is -2.30. The zero-order valence-corrected chi connectivity index (χ0v) is 15.1. The maximum atomic E-state index is 5.33. The third-order valence-electron chi connectivity index (χ3n) is 3.57. The molecule has 0 saturated carbocycles. The normalized spacial score (nSPS) is 11.0. The van der Waals surface area contributed by atoms with E-state index >= 15 is 0 Å². The van der Waals surface area contributed by atoms with Crippen molar-refractivity contribution < 1.29 is 14.2 Å². The summed E-state index contributed by atoms with van der Waals surface area (Å²) in [7, 11) is 4.89. The second-order valence-corrected chi connectivity index (χ2v) is 5.24. The Balaban J connectivity index is 2.11. The Bertz CT molecular complexity index is 700. The third-order valence-corrected chi connectivity index (χ3v) is 3.57. The highest BCUT2D eigenvalue weighted by atomic mass is 16.5. The molecule has 0 aliphatic heterocycles. The van der Waals surface area contributed by atoms with Crippen molar-refractivity contribution in [3.8, 4) is 17.2 Å². The van der Waals surface area contributed by atoms with Crippen molar-refractivity contribution in [1.82, 2.24) is 5.32 Å². The van der Waals surface area contributed by atoms with Gasteiger partial charge in [-0.2, -0.15) is 0 Å². The van der Waals surface area contributed by atoms with Crippen LogP contribution in [-0.4, -0.2) is 33.8 Å². The standard InChI is InChI=1S/C19H25N3O3/c1-5-20-19(21-13-14-6-9-16(23-2)10-7-14)22-15-8-11-17(24-3)18(12-15)25-4/h6-12H,5,13H2,1-4H3,(H2,20,21,22). The number of hydrogen-bond acceptors (Lipinski definition) is 4. The highest BCUT2D eigenvalue weighted by Gasteiger charge is 2.06. The van der Waals surface area contributed by atoms with Crippen molar-refractivity contribution >= 4 is 11.6 Å². The van der Waals surface area contributed by atoms with Gasteiger partial charge in [0.2, 0.25) is 0 Å². The first kappa shape index (κ1) is 18.4. The number of methoxy groups -OCH3 is 3. The predicted molar refractivity (Wildman–Crippen MR) is 101 cm³/mol. The number of nitrogens with one attached hydrogen (secondary N) is 2. The van der Waals surface area contributed by atoms with Crippen LogP contribution in [0.15, 0.2) is 47.5 Å². The molecule has 0 bridgehead atoms. The Labute approximate surface area is 148 Å². The summed E-state index contributed by atoms with van der Waals surface area (Å²) in [6, 6.07) is 13.5. The van der Waals surface area contributed by atoms with Gasteiger partial charge < -0.3 is 24.8 Å². The lowest BCUT2D eigenvalue weighted by molar-refractivity contribution is 0.355. The molecule has 2 rings (SSSR count). The molecule has 0 fully saturated rings. The lowest BCUT2D eigenvalue weighted by atomic mass is 10.2. The van der Waals surface area contributed by atoms with Crippen molar-refractivity contribution in [2.45, 2.75) is 13.5 Å². The second-order valence-electron chi connectivity index (χ2n) is 5.24. The summed E-state index contributed by atoms with van der Waals surface area (Å²) < 4.78 is 15.8. The van der Waals surface area contributed by atoms with E-state index in [2.05, 4.69) is 15.6 Å². The van der Waals surface area contributed by atoms with E-state index in [-0.39, 0.29) is 0 Å². The molecular weight excluding hydrogens is 318 g/mol. The summed E-state index contributed by atoms with van der Waals surface area (Å²) in [5.74, 6) is 2.89. The molecule has 0 aliphatic rings. The minimum absolute atomic E-state index is 0.562.